The van der Waals surface area contributed by atoms with Gasteiger partial charge in [0.2, 0.25) is 0 Å². The maximum atomic E-state index is 5.91. The topological polar surface area (TPSA) is 45.7 Å². The van der Waals surface area contributed by atoms with Crippen LogP contribution in [0.4, 0.5) is 0 Å². The van der Waals surface area contributed by atoms with Crippen LogP contribution in [0.25, 0.3) is 0 Å². The molecule has 23 heavy (non-hydrogen) atoms. The first-order valence-electron chi connectivity index (χ1n) is 9.52. The molecule has 3 rings (SSSR count). The summed E-state index contributed by atoms with van der Waals surface area (Å²) in [5, 5.41) is 7.45. The zero-order chi connectivity index (χ0) is 16.7. The summed E-state index contributed by atoms with van der Waals surface area (Å²) in [5.41, 5.74) is 0.712. The van der Waals surface area contributed by atoms with Crippen molar-refractivity contribution in [1.29, 1.82) is 0 Å². The molecule has 3 unspecified atom stereocenters. The summed E-state index contributed by atoms with van der Waals surface area (Å²) in [6, 6.07) is 1.05. The molecule has 0 radical (unpaired) electrons. The zero-order valence-electron chi connectivity index (χ0n) is 15.6. The van der Waals surface area contributed by atoms with Gasteiger partial charge in [0.1, 0.15) is 0 Å². The van der Waals surface area contributed by atoms with E-state index in [4.69, 9.17) is 9.73 Å². The third kappa shape index (κ3) is 3.38. The monoisotopic (exact) mass is 321 g/mol. The quantitative estimate of drug-likeness (QED) is 0.619. The summed E-state index contributed by atoms with van der Waals surface area (Å²) < 4.78 is 5.91. The highest BCUT2D eigenvalue weighted by Gasteiger charge is 2.59. The first-order valence-corrected chi connectivity index (χ1v) is 9.52. The molecule has 3 atom stereocenters. The maximum Gasteiger partial charge on any atom is 0.191 e. The highest BCUT2D eigenvalue weighted by atomic mass is 16.5. The van der Waals surface area contributed by atoms with E-state index in [1.54, 1.807) is 0 Å². The Labute approximate surface area is 141 Å². The van der Waals surface area contributed by atoms with Crippen molar-refractivity contribution in [3.63, 3.8) is 0 Å². The van der Waals surface area contributed by atoms with Crippen LogP contribution in [0.1, 0.15) is 66.7 Å². The Hall–Kier alpha value is -0.770. The normalized spacial score (nSPS) is 36.2. The molecule has 0 spiro atoms. The minimum atomic E-state index is 0.200. The van der Waals surface area contributed by atoms with Crippen molar-refractivity contribution in [1.82, 2.24) is 10.6 Å². The number of aliphatic imine (C=N–C) groups is 1. The second-order valence-electron chi connectivity index (χ2n) is 9.09. The van der Waals surface area contributed by atoms with E-state index in [9.17, 15) is 0 Å². The first-order chi connectivity index (χ1) is 10.8. The number of nitrogens with zero attached hydrogens (tertiary/aromatic N) is 1. The van der Waals surface area contributed by atoms with Crippen molar-refractivity contribution in [2.24, 2.45) is 21.7 Å². The molecule has 1 aliphatic heterocycles. The summed E-state index contributed by atoms with van der Waals surface area (Å²) >= 11 is 0. The number of rotatable bonds is 3. The van der Waals surface area contributed by atoms with Gasteiger partial charge in [0.15, 0.2) is 5.96 Å². The third-order valence-electron chi connectivity index (χ3n) is 6.39. The summed E-state index contributed by atoms with van der Waals surface area (Å²) in [6.45, 7) is 13.3. The van der Waals surface area contributed by atoms with Crippen molar-refractivity contribution >= 4 is 5.96 Å². The van der Waals surface area contributed by atoms with Crippen LogP contribution in [0.3, 0.4) is 0 Å². The summed E-state index contributed by atoms with van der Waals surface area (Å²) in [6.07, 6.45) is 6.72. The SMILES string of the molecule is CCN=C(NC1CCC(C)(C)CC1)NC1C2CCOC2C1(C)C. The number of fused-ring (bicyclic) bond motifs is 1. The molecule has 2 N–H and O–H groups in total. The zero-order valence-corrected chi connectivity index (χ0v) is 15.6. The molecule has 0 amide bonds. The third-order valence-corrected chi connectivity index (χ3v) is 6.39. The van der Waals surface area contributed by atoms with Gasteiger partial charge in [0.05, 0.1) is 6.10 Å². The van der Waals surface area contributed by atoms with E-state index in [2.05, 4.69) is 45.3 Å². The average Bonchev–Trinajstić information content (AvgIpc) is 2.94. The molecule has 0 aromatic carbocycles. The molecule has 0 bridgehead atoms. The fourth-order valence-corrected chi connectivity index (χ4v) is 4.79. The van der Waals surface area contributed by atoms with Crippen molar-refractivity contribution in [3.05, 3.63) is 0 Å². The number of ether oxygens (including phenoxy) is 1. The van der Waals surface area contributed by atoms with Crippen molar-refractivity contribution in [3.8, 4) is 0 Å². The molecule has 3 fully saturated rings. The van der Waals surface area contributed by atoms with Crippen LogP contribution >= 0.6 is 0 Å². The Morgan fingerprint density at radius 1 is 1.09 bits per heavy atom. The highest BCUT2D eigenvalue weighted by molar-refractivity contribution is 5.80. The Kier molecular flexibility index (Phi) is 4.65. The largest absolute Gasteiger partial charge is 0.377 e. The minimum absolute atomic E-state index is 0.200. The molecule has 0 aromatic rings. The predicted octanol–water partition coefficient (Wildman–Crippen LogP) is 3.32. The van der Waals surface area contributed by atoms with Gasteiger partial charge in [-0.1, -0.05) is 27.7 Å². The molecular weight excluding hydrogens is 286 g/mol. The van der Waals surface area contributed by atoms with Gasteiger partial charge in [-0.05, 0) is 44.4 Å². The van der Waals surface area contributed by atoms with Crippen molar-refractivity contribution in [2.45, 2.75) is 84.9 Å². The fourth-order valence-electron chi connectivity index (χ4n) is 4.79. The maximum absolute atomic E-state index is 5.91. The van der Waals surface area contributed by atoms with E-state index in [0.717, 1.165) is 19.1 Å². The van der Waals surface area contributed by atoms with E-state index in [1.807, 2.05) is 0 Å². The molecular formula is C19H35N3O. The molecule has 4 heteroatoms. The fraction of sp³-hybridized carbons (Fsp3) is 0.947. The second-order valence-corrected chi connectivity index (χ2v) is 9.09. The number of nitrogens with one attached hydrogen (secondary N) is 2. The number of hydrogen-bond donors (Lipinski definition) is 2. The van der Waals surface area contributed by atoms with Crippen LogP contribution in [-0.2, 0) is 4.74 Å². The lowest BCUT2D eigenvalue weighted by molar-refractivity contribution is -0.106. The Balaban J connectivity index is 1.59. The molecule has 0 aromatic heterocycles. The Morgan fingerprint density at radius 2 is 1.78 bits per heavy atom. The summed E-state index contributed by atoms with van der Waals surface area (Å²) in [7, 11) is 0. The van der Waals surface area contributed by atoms with Gasteiger partial charge in [-0.3, -0.25) is 4.99 Å². The van der Waals surface area contributed by atoms with Gasteiger partial charge in [-0.25, -0.2) is 0 Å². The molecule has 132 valence electrons. The van der Waals surface area contributed by atoms with Crippen molar-refractivity contribution in [2.75, 3.05) is 13.2 Å². The van der Waals surface area contributed by atoms with E-state index < -0.39 is 0 Å². The van der Waals surface area contributed by atoms with E-state index in [-0.39, 0.29) is 5.41 Å². The molecule has 1 heterocycles. The standard InChI is InChI=1S/C19H35N3O/c1-6-20-17(21-13-7-10-18(2,3)11-8-13)22-15-14-9-12-23-16(14)19(15,4)5/h13-16H,6-12H2,1-5H3,(H2,20,21,22). The summed E-state index contributed by atoms with van der Waals surface area (Å²) in [5.74, 6) is 1.67. The van der Waals surface area contributed by atoms with Gasteiger partial charge in [0.25, 0.3) is 0 Å². The highest BCUT2D eigenvalue weighted by Crippen LogP contribution is 2.52. The lowest BCUT2D eigenvalue weighted by atomic mass is 9.57. The first kappa shape index (κ1) is 17.1. The number of guanidine groups is 1. The molecule has 4 nitrogen and oxygen atoms in total. The van der Waals surface area contributed by atoms with Gasteiger partial charge in [-0.15, -0.1) is 0 Å². The Morgan fingerprint density at radius 3 is 2.43 bits per heavy atom. The van der Waals surface area contributed by atoms with Crippen LogP contribution in [0.5, 0.6) is 0 Å². The van der Waals surface area contributed by atoms with E-state index in [0.29, 0.717) is 29.5 Å². The minimum Gasteiger partial charge on any atom is -0.377 e. The van der Waals surface area contributed by atoms with Crippen LogP contribution in [0.15, 0.2) is 4.99 Å². The number of hydrogen-bond acceptors (Lipinski definition) is 2. The van der Waals surface area contributed by atoms with E-state index >= 15 is 0 Å². The lowest BCUT2D eigenvalue weighted by Gasteiger charge is -2.55. The lowest BCUT2D eigenvalue weighted by Crippen LogP contribution is -2.68. The van der Waals surface area contributed by atoms with Gasteiger partial charge in [0, 0.05) is 36.6 Å². The van der Waals surface area contributed by atoms with E-state index in [1.165, 1.54) is 32.1 Å². The smallest absolute Gasteiger partial charge is 0.191 e. The summed E-state index contributed by atoms with van der Waals surface area (Å²) in [4.78, 5) is 4.71. The van der Waals surface area contributed by atoms with Crippen LogP contribution in [0.2, 0.25) is 0 Å². The molecule has 1 saturated heterocycles. The van der Waals surface area contributed by atoms with Crippen LogP contribution < -0.4 is 10.6 Å². The average molecular weight is 322 g/mol. The predicted molar refractivity (Wildman–Crippen MR) is 95.7 cm³/mol. The molecule has 3 aliphatic rings. The van der Waals surface area contributed by atoms with Crippen molar-refractivity contribution < 1.29 is 4.74 Å². The van der Waals surface area contributed by atoms with Crippen LogP contribution in [-0.4, -0.2) is 37.3 Å². The van der Waals surface area contributed by atoms with Gasteiger partial charge >= 0.3 is 0 Å². The Bertz CT molecular complexity index is 448. The molecule has 2 aliphatic carbocycles. The second kappa shape index (κ2) is 6.27. The van der Waals surface area contributed by atoms with Gasteiger partial charge in [-0.2, -0.15) is 0 Å². The van der Waals surface area contributed by atoms with Gasteiger partial charge < -0.3 is 15.4 Å². The molecule has 2 saturated carbocycles. The van der Waals surface area contributed by atoms with Crippen LogP contribution in [0, 0.1) is 16.7 Å².